The number of rotatable bonds is 3. The highest BCUT2D eigenvalue weighted by Crippen LogP contribution is 2.57. The van der Waals surface area contributed by atoms with E-state index in [0.717, 1.165) is 6.92 Å². The Morgan fingerprint density at radius 2 is 1.89 bits per heavy atom. The van der Waals surface area contributed by atoms with Crippen LogP contribution in [0.3, 0.4) is 0 Å². The number of pyridine rings is 1. The number of amides is 1. The van der Waals surface area contributed by atoms with Crippen LogP contribution in [0, 0.1) is 5.41 Å². The lowest BCUT2D eigenvalue weighted by molar-refractivity contribution is -0.136. The van der Waals surface area contributed by atoms with Gasteiger partial charge in [0.05, 0.1) is 0 Å². The normalized spacial score (nSPS) is 17.4. The minimum atomic E-state index is -3.04. The van der Waals surface area contributed by atoms with Gasteiger partial charge in [-0.25, -0.2) is 13.8 Å². The molecule has 1 aliphatic rings. The maximum atomic E-state index is 13.3. The molecule has 1 aliphatic carbocycles. The van der Waals surface area contributed by atoms with E-state index >= 15 is 0 Å². The van der Waals surface area contributed by atoms with Crippen LogP contribution in [-0.4, -0.2) is 16.8 Å². The molecule has 0 aliphatic heterocycles. The third-order valence-electron chi connectivity index (χ3n) is 3.05. The Kier molecular flexibility index (Phi) is 3.23. The lowest BCUT2D eigenvalue weighted by atomic mass is 9.98. The molecule has 0 radical (unpaired) electrons. The summed E-state index contributed by atoms with van der Waals surface area (Å²) in [5, 5.41) is 2.58. The largest absolute Gasteiger partial charge is 0.325 e. The number of nitrogens with one attached hydrogen (secondary N) is 1. The summed E-state index contributed by atoms with van der Waals surface area (Å²) >= 11 is 11.3. The average Bonchev–Trinajstić information content (AvgIpc) is 2.93. The van der Waals surface area contributed by atoms with Gasteiger partial charge in [-0.3, -0.25) is 4.79 Å². The minimum Gasteiger partial charge on any atom is -0.325 e. The first kappa shape index (κ1) is 13.5. The van der Waals surface area contributed by atoms with Crippen molar-refractivity contribution in [3.63, 3.8) is 0 Å². The summed E-state index contributed by atoms with van der Waals surface area (Å²) in [6.07, 6.45) is 0.351. The van der Waals surface area contributed by atoms with E-state index in [9.17, 15) is 13.6 Å². The zero-order chi connectivity index (χ0) is 13.6. The van der Waals surface area contributed by atoms with Gasteiger partial charge < -0.3 is 5.32 Å². The lowest BCUT2D eigenvalue weighted by Gasteiger charge is -2.22. The van der Waals surface area contributed by atoms with E-state index in [1.807, 2.05) is 0 Å². The molecular formula is C11H10Cl2F2N2O. The number of anilines is 1. The number of aromatic nitrogens is 1. The van der Waals surface area contributed by atoms with Gasteiger partial charge in [-0.1, -0.05) is 23.2 Å². The molecule has 1 aromatic rings. The van der Waals surface area contributed by atoms with Gasteiger partial charge >= 0.3 is 0 Å². The molecule has 0 aromatic carbocycles. The fraction of sp³-hybridized carbons (Fsp3) is 0.455. The summed E-state index contributed by atoms with van der Waals surface area (Å²) in [4.78, 5) is 15.6. The highest BCUT2D eigenvalue weighted by atomic mass is 35.5. The average molecular weight is 295 g/mol. The minimum absolute atomic E-state index is 0.0888. The van der Waals surface area contributed by atoms with Crippen molar-refractivity contribution in [2.75, 3.05) is 5.32 Å². The molecule has 1 amide bonds. The number of carbonyl (C=O) groups is 1. The molecule has 1 N–H and O–H groups in total. The van der Waals surface area contributed by atoms with Crippen molar-refractivity contribution in [1.29, 1.82) is 0 Å². The molecular weight excluding hydrogens is 285 g/mol. The predicted molar refractivity (Wildman–Crippen MR) is 65.2 cm³/mol. The Morgan fingerprint density at radius 1 is 1.39 bits per heavy atom. The number of alkyl halides is 2. The van der Waals surface area contributed by atoms with Crippen molar-refractivity contribution in [2.24, 2.45) is 5.41 Å². The first-order valence-corrected chi connectivity index (χ1v) is 6.03. The van der Waals surface area contributed by atoms with Crippen molar-refractivity contribution in [1.82, 2.24) is 4.98 Å². The quantitative estimate of drug-likeness (QED) is 0.863. The number of carbonyl (C=O) groups excluding carboxylic acids is 1. The molecule has 2 rings (SSSR count). The lowest BCUT2D eigenvalue weighted by Crippen LogP contribution is -2.37. The van der Waals surface area contributed by atoms with Gasteiger partial charge in [0, 0.05) is 12.6 Å². The van der Waals surface area contributed by atoms with Crippen molar-refractivity contribution in [3.8, 4) is 0 Å². The van der Waals surface area contributed by atoms with E-state index in [1.54, 1.807) is 0 Å². The molecule has 1 aromatic heterocycles. The fourth-order valence-corrected chi connectivity index (χ4v) is 2.24. The summed E-state index contributed by atoms with van der Waals surface area (Å²) in [5.41, 5.74) is -1.34. The van der Waals surface area contributed by atoms with Crippen LogP contribution in [-0.2, 0) is 4.79 Å². The van der Waals surface area contributed by atoms with Crippen LogP contribution < -0.4 is 5.32 Å². The van der Waals surface area contributed by atoms with Gasteiger partial charge in [-0.05, 0) is 25.0 Å². The molecule has 98 valence electrons. The second-order valence-corrected chi connectivity index (χ2v) is 5.20. The fourth-order valence-electron chi connectivity index (χ4n) is 1.78. The smallest absolute Gasteiger partial charge is 0.259 e. The van der Waals surface area contributed by atoms with E-state index in [1.165, 1.54) is 12.1 Å². The van der Waals surface area contributed by atoms with Crippen LogP contribution in [0.15, 0.2) is 12.1 Å². The zero-order valence-corrected chi connectivity index (χ0v) is 10.9. The number of halogens is 4. The Morgan fingerprint density at radius 3 is 2.28 bits per heavy atom. The molecule has 7 heteroatoms. The first-order chi connectivity index (χ1) is 8.24. The van der Waals surface area contributed by atoms with Crippen LogP contribution >= 0.6 is 23.2 Å². The summed E-state index contributed by atoms with van der Waals surface area (Å²) in [6, 6.07) is 2.71. The summed E-state index contributed by atoms with van der Waals surface area (Å²) in [6.45, 7) is 0.756. The van der Waals surface area contributed by atoms with Crippen LogP contribution in [0.25, 0.3) is 0 Å². The maximum absolute atomic E-state index is 13.3. The van der Waals surface area contributed by atoms with E-state index in [4.69, 9.17) is 23.2 Å². The Labute approximate surface area is 112 Å². The summed E-state index contributed by atoms with van der Waals surface area (Å²) in [7, 11) is 0. The zero-order valence-electron chi connectivity index (χ0n) is 9.44. The number of nitrogens with zero attached hydrogens (tertiary/aromatic N) is 1. The molecule has 18 heavy (non-hydrogen) atoms. The third kappa shape index (κ3) is 2.42. The molecule has 0 saturated heterocycles. The predicted octanol–water partition coefficient (Wildman–Crippen LogP) is 3.76. The molecule has 0 bridgehead atoms. The first-order valence-electron chi connectivity index (χ1n) is 5.27. The molecule has 1 fully saturated rings. The number of hydrogen-bond acceptors (Lipinski definition) is 2. The van der Waals surface area contributed by atoms with Crippen molar-refractivity contribution in [2.45, 2.75) is 25.7 Å². The summed E-state index contributed by atoms with van der Waals surface area (Å²) < 4.78 is 26.7. The van der Waals surface area contributed by atoms with Gasteiger partial charge in [0.2, 0.25) is 5.91 Å². The van der Waals surface area contributed by atoms with Gasteiger partial charge in [0.15, 0.2) is 0 Å². The second kappa shape index (κ2) is 4.31. The van der Waals surface area contributed by atoms with Crippen molar-refractivity contribution >= 4 is 34.8 Å². The van der Waals surface area contributed by atoms with E-state index in [0.29, 0.717) is 0 Å². The third-order valence-corrected chi connectivity index (χ3v) is 3.43. The molecule has 3 nitrogen and oxygen atoms in total. The van der Waals surface area contributed by atoms with Crippen LogP contribution in [0.5, 0.6) is 0 Å². The van der Waals surface area contributed by atoms with E-state index in [-0.39, 0.29) is 28.8 Å². The topological polar surface area (TPSA) is 42.0 Å². The van der Waals surface area contributed by atoms with Gasteiger partial charge in [-0.2, -0.15) is 0 Å². The van der Waals surface area contributed by atoms with Gasteiger partial charge in [0.1, 0.15) is 15.7 Å². The van der Waals surface area contributed by atoms with E-state index in [2.05, 4.69) is 10.3 Å². The highest BCUT2D eigenvalue weighted by molar-refractivity contribution is 6.33. The monoisotopic (exact) mass is 294 g/mol. The molecule has 0 spiro atoms. The Bertz CT molecular complexity index is 478. The standard InChI is InChI=1S/C11H10Cl2F2N2O/c1-10(14,15)11(2-3-11)9(18)16-6-4-7(12)17-8(13)5-6/h4-5H,2-3H2,1H3,(H,16,17,18). The number of hydrogen-bond donors (Lipinski definition) is 1. The van der Waals surface area contributed by atoms with Gasteiger partial charge in [0.25, 0.3) is 5.92 Å². The molecule has 1 heterocycles. The second-order valence-electron chi connectivity index (χ2n) is 4.43. The molecule has 0 atom stereocenters. The van der Waals surface area contributed by atoms with Crippen LogP contribution in [0.2, 0.25) is 10.3 Å². The highest BCUT2D eigenvalue weighted by Gasteiger charge is 2.64. The van der Waals surface area contributed by atoms with Gasteiger partial charge in [-0.15, -0.1) is 0 Å². The van der Waals surface area contributed by atoms with Crippen LogP contribution in [0.1, 0.15) is 19.8 Å². The van der Waals surface area contributed by atoms with Crippen molar-refractivity contribution < 1.29 is 13.6 Å². The SMILES string of the molecule is CC(F)(F)C1(C(=O)Nc2cc(Cl)nc(Cl)c2)CC1. The van der Waals surface area contributed by atoms with Crippen LogP contribution in [0.4, 0.5) is 14.5 Å². The molecule has 0 unspecified atom stereocenters. The summed E-state index contributed by atoms with van der Waals surface area (Å²) in [5.74, 6) is -3.76. The van der Waals surface area contributed by atoms with Crippen molar-refractivity contribution in [3.05, 3.63) is 22.4 Å². The Hall–Kier alpha value is -0.940. The van der Waals surface area contributed by atoms with E-state index < -0.39 is 17.2 Å². The Balaban J connectivity index is 2.18. The molecule has 1 saturated carbocycles. The maximum Gasteiger partial charge on any atom is 0.259 e.